The zero-order valence-corrected chi connectivity index (χ0v) is 32.1. The van der Waals surface area contributed by atoms with Crippen molar-refractivity contribution in [2.45, 2.75) is 77.8 Å². The van der Waals surface area contributed by atoms with E-state index in [4.69, 9.17) is 10.5 Å². The van der Waals surface area contributed by atoms with Crippen LogP contribution in [0.15, 0.2) is 78.9 Å². The van der Waals surface area contributed by atoms with Crippen LogP contribution in [-0.4, -0.2) is 67.6 Å². The van der Waals surface area contributed by atoms with Crippen LogP contribution in [0.4, 0.5) is 0 Å². The van der Waals surface area contributed by atoms with E-state index in [1.807, 2.05) is 82.3 Å². The standard InChI is InChI=1S/C37H54N2O5P2Si/c1-8-45(42,9-2)37(46(43,10-3)11-4)39(36(41)32-22-24-33(25-23-32)44-26-15-27-47(5,6)7)34(35(38)40)28-29-18-20-31(21-19-29)30-16-13-12-14-17-30/h12-14,16-25,34,37H,8-11,15,26-28H2,1-7H3,(H2,38,40)/t34-/m0/s1. The lowest BCUT2D eigenvalue weighted by Crippen LogP contribution is -2.54. The van der Waals surface area contributed by atoms with Gasteiger partial charge in [-0.1, -0.05) is 108 Å². The lowest BCUT2D eigenvalue weighted by atomic mass is 9.99. The number of primary amides is 1. The fourth-order valence-electron chi connectivity index (χ4n) is 6.00. The molecule has 0 aliphatic carbocycles. The molecule has 47 heavy (non-hydrogen) atoms. The molecular weight excluding hydrogens is 642 g/mol. The molecule has 2 amide bonds. The van der Waals surface area contributed by atoms with Gasteiger partial charge in [-0.15, -0.1) is 0 Å². The fraction of sp³-hybridized carbons (Fsp3) is 0.459. The molecule has 3 aromatic carbocycles. The lowest BCUT2D eigenvalue weighted by Gasteiger charge is -2.44. The Kier molecular flexibility index (Phi) is 13.9. The number of carbonyl (C=O) groups excluding carboxylic acids is 2. The van der Waals surface area contributed by atoms with Crippen molar-refractivity contribution in [1.82, 2.24) is 4.90 Å². The third-order valence-electron chi connectivity index (χ3n) is 9.06. The fourth-order valence-corrected chi connectivity index (χ4v) is 15.9. The van der Waals surface area contributed by atoms with Crippen molar-refractivity contribution in [3.8, 4) is 16.9 Å². The number of ether oxygens (including phenoxy) is 1. The number of hydrogen-bond donors (Lipinski definition) is 1. The summed E-state index contributed by atoms with van der Waals surface area (Å²) in [5, 5.41) is 0. The molecule has 3 aromatic rings. The van der Waals surface area contributed by atoms with Crippen LogP contribution >= 0.6 is 14.3 Å². The minimum atomic E-state index is -3.25. The molecule has 0 radical (unpaired) electrons. The van der Waals surface area contributed by atoms with Gasteiger partial charge in [0.15, 0.2) is 0 Å². The largest absolute Gasteiger partial charge is 0.494 e. The second-order valence-corrected chi connectivity index (χ2v) is 26.8. The minimum absolute atomic E-state index is 0.103. The van der Waals surface area contributed by atoms with Gasteiger partial charge in [0.05, 0.1) is 6.61 Å². The van der Waals surface area contributed by atoms with Gasteiger partial charge < -0.3 is 24.5 Å². The molecule has 2 N–H and O–H groups in total. The minimum Gasteiger partial charge on any atom is -0.494 e. The van der Waals surface area contributed by atoms with E-state index in [0.29, 0.717) is 17.9 Å². The van der Waals surface area contributed by atoms with Crippen LogP contribution in [0.5, 0.6) is 5.75 Å². The van der Waals surface area contributed by atoms with Gasteiger partial charge in [0, 0.05) is 44.7 Å². The van der Waals surface area contributed by atoms with E-state index >= 15 is 0 Å². The quantitative estimate of drug-likeness (QED) is 0.0811. The molecule has 0 aliphatic rings. The maximum absolute atomic E-state index is 14.7. The first kappa shape index (κ1) is 38.5. The van der Waals surface area contributed by atoms with Crippen molar-refractivity contribution >= 4 is 34.2 Å². The van der Waals surface area contributed by atoms with E-state index < -0.39 is 45.7 Å². The smallest absolute Gasteiger partial charge is 0.255 e. The number of benzene rings is 3. The summed E-state index contributed by atoms with van der Waals surface area (Å²) in [7, 11) is -7.67. The first-order chi connectivity index (χ1) is 22.2. The van der Waals surface area contributed by atoms with Crippen molar-refractivity contribution < 1.29 is 23.5 Å². The second-order valence-electron chi connectivity index (χ2n) is 13.5. The van der Waals surface area contributed by atoms with E-state index in [2.05, 4.69) is 19.6 Å². The van der Waals surface area contributed by atoms with Gasteiger partial charge in [-0.05, 0) is 47.4 Å². The van der Waals surface area contributed by atoms with E-state index in [1.165, 1.54) is 4.90 Å². The average Bonchev–Trinajstić information content (AvgIpc) is 3.07. The van der Waals surface area contributed by atoms with E-state index in [0.717, 1.165) is 29.2 Å². The Morgan fingerprint density at radius 3 is 1.74 bits per heavy atom. The zero-order chi connectivity index (χ0) is 34.8. The molecule has 0 saturated carbocycles. The summed E-state index contributed by atoms with van der Waals surface area (Å²) in [5.41, 5.74) is 8.16. The Morgan fingerprint density at radius 2 is 1.28 bits per heavy atom. The predicted molar refractivity (Wildman–Crippen MR) is 201 cm³/mol. The van der Waals surface area contributed by atoms with Crippen LogP contribution in [0.1, 0.15) is 50.0 Å². The highest BCUT2D eigenvalue weighted by molar-refractivity contribution is 7.81. The van der Waals surface area contributed by atoms with Crippen LogP contribution < -0.4 is 10.5 Å². The summed E-state index contributed by atoms with van der Waals surface area (Å²) >= 11 is 0. The number of amides is 2. The summed E-state index contributed by atoms with van der Waals surface area (Å²) in [6.07, 6.45) is 2.08. The van der Waals surface area contributed by atoms with Crippen molar-refractivity contribution in [3.63, 3.8) is 0 Å². The van der Waals surface area contributed by atoms with Gasteiger partial charge in [0.2, 0.25) is 5.91 Å². The monoisotopic (exact) mass is 696 g/mol. The van der Waals surface area contributed by atoms with Gasteiger partial charge in [-0.25, -0.2) is 0 Å². The molecule has 7 nitrogen and oxygen atoms in total. The van der Waals surface area contributed by atoms with Gasteiger partial charge in [0.25, 0.3) is 5.91 Å². The van der Waals surface area contributed by atoms with E-state index in [1.54, 1.807) is 24.3 Å². The predicted octanol–water partition coefficient (Wildman–Crippen LogP) is 9.09. The highest BCUT2D eigenvalue weighted by Gasteiger charge is 2.50. The number of carbonyl (C=O) groups is 2. The van der Waals surface area contributed by atoms with Gasteiger partial charge >= 0.3 is 0 Å². The molecule has 3 rings (SSSR count). The summed E-state index contributed by atoms with van der Waals surface area (Å²) in [4.78, 5) is 29.4. The maximum Gasteiger partial charge on any atom is 0.255 e. The normalized spacial score (nSPS) is 12.9. The van der Waals surface area contributed by atoms with Crippen molar-refractivity contribution in [1.29, 1.82) is 0 Å². The third-order valence-corrected chi connectivity index (χ3v) is 19.9. The lowest BCUT2D eigenvalue weighted by molar-refractivity contribution is -0.122. The Bertz CT molecular complexity index is 1510. The Hall–Kier alpha value is -2.92. The van der Waals surface area contributed by atoms with Gasteiger partial charge in [-0.2, -0.15) is 0 Å². The Labute approximate surface area is 283 Å². The first-order valence-electron chi connectivity index (χ1n) is 16.9. The van der Waals surface area contributed by atoms with Crippen LogP contribution in [0.2, 0.25) is 25.7 Å². The topological polar surface area (TPSA) is 107 Å². The zero-order valence-electron chi connectivity index (χ0n) is 29.3. The molecule has 0 unspecified atom stereocenters. The Balaban J connectivity index is 2.07. The number of rotatable bonds is 18. The molecule has 0 aromatic heterocycles. The van der Waals surface area contributed by atoms with Gasteiger partial charge in [-0.3, -0.25) is 9.59 Å². The molecular formula is C37H54N2O5P2Si. The Morgan fingerprint density at radius 1 is 0.766 bits per heavy atom. The van der Waals surface area contributed by atoms with E-state index in [9.17, 15) is 18.7 Å². The summed E-state index contributed by atoms with van der Waals surface area (Å²) < 4.78 is 35.4. The van der Waals surface area contributed by atoms with Crippen LogP contribution in [-0.2, 0) is 20.3 Å². The average molecular weight is 697 g/mol. The molecule has 256 valence electrons. The van der Waals surface area contributed by atoms with E-state index in [-0.39, 0.29) is 31.1 Å². The molecule has 0 saturated heterocycles. The highest BCUT2D eigenvalue weighted by Crippen LogP contribution is 2.69. The molecule has 0 fully saturated rings. The second kappa shape index (κ2) is 17.0. The first-order valence-corrected chi connectivity index (χ1v) is 24.9. The van der Waals surface area contributed by atoms with Crippen LogP contribution in [0, 0.1) is 0 Å². The number of hydrogen-bond acceptors (Lipinski definition) is 5. The summed E-state index contributed by atoms with van der Waals surface area (Å²) in [6.45, 7) is 14.8. The van der Waals surface area contributed by atoms with Crippen molar-refractivity contribution in [2.75, 3.05) is 31.3 Å². The van der Waals surface area contributed by atoms with Crippen LogP contribution in [0.3, 0.4) is 0 Å². The summed E-state index contributed by atoms with van der Waals surface area (Å²) in [5.74, 6) is -0.588. The van der Waals surface area contributed by atoms with Crippen LogP contribution in [0.25, 0.3) is 11.1 Å². The molecule has 0 aliphatic heterocycles. The molecule has 1 atom stereocenters. The molecule has 0 heterocycles. The SMILES string of the molecule is CCP(=O)(CC)C(N(C(=O)c1ccc(OCCC[Si](C)(C)C)cc1)[C@@H](Cc1ccc(-c2ccccc2)cc1)C(N)=O)P(=O)(CC)CC. The molecule has 0 bridgehead atoms. The van der Waals surface area contributed by atoms with Crippen molar-refractivity contribution in [2.24, 2.45) is 5.73 Å². The van der Waals surface area contributed by atoms with Crippen molar-refractivity contribution in [3.05, 3.63) is 90.0 Å². The molecule has 10 heteroatoms. The maximum atomic E-state index is 14.7. The number of nitrogens with two attached hydrogens (primary N) is 1. The summed E-state index contributed by atoms with van der Waals surface area (Å²) in [6, 6.07) is 24.6. The highest BCUT2D eigenvalue weighted by atomic mass is 31.2. The number of nitrogens with zero attached hydrogens (tertiary/aromatic N) is 1. The third kappa shape index (κ3) is 10.0. The van der Waals surface area contributed by atoms with Gasteiger partial charge in [0.1, 0.15) is 31.6 Å². The molecule has 0 spiro atoms.